The van der Waals surface area contributed by atoms with Crippen LogP contribution in [0.4, 0.5) is 5.69 Å². The van der Waals surface area contributed by atoms with Crippen molar-refractivity contribution in [2.24, 2.45) is 5.41 Å². The van der Waals surface area contributed by atoms with E-state index in [0.717, 1.165) is 18.7 Å². The molecule has 0 bridgehead atoms. The number of hydrogen-bond acceptors (Lipinski definition) is 2. The molecule has 0 amide bonds. The summed E-state index contributed by atoms with van der Waals surface area (Å²) in [6.45, 7) is 8.81. The Morgan fingerprint density at radius 1 is 1.22 bits per heavy atom. The first-order chi connectivity index (χ1) is 8.54. The molecule has 0 spiro atoms. The first-order valence-corrected chi connectivity index (χ1v) is 7.07. The second-order valence-electron chi connectivity index (χ2n) is 5.92. The molecule has 1 fully saturated rings. The smallest absolute Gasteiger partial charge is 0.0761 e. The number of benzene rings is 1. The van der Waals surface area contributed by atoms with Crippen LogP contribution in [0.3, 0.4) is 0 Å². The van der Waals surface area contributed by atoms with Crippen LogP contribution in [0.15, 0.2) is 24.3 Å². The lowest BCUT2D eigenvalue weighted by Crippen LogP contribution is -2.38. The molecule has 2 nitrogen and oxygen atoms in total. The quantitative estimate of drug-likeness (QED) is 0.879. The van der Waals surface area contributed by atoms with Crippen LogP contribution in [-0.4, -0.2) is 18.2 Å². The van der Waals surface area contributed by atoms with Crippen LogP contribution < -0.4 is 4.90 Å². The number of anilines is 1. The first kappa shape index (κ1) is 13.4. The van der Waals surface area contributed by atoms with Crippen molar-refractivity contribution in [2.45, 2.75) is 46.1 Å². The standard InChI is InChI=1S/C16H25NO/c1-4-16(3)9-11-17(12-10-16)15-7-5-14(6-8-15)13(2)18/h5-8,13,18H,4,9-12H2,1-3H3/t13-/m0/s1. The molecule has 0 aromatic heterocycles. The Hall–Kier alpha value is -1.02. The van der Waals surface area contributed by atoms with Gasteiger partial charge in [-0.15, -0.1) is 0 Å². The van der Waals surface area contributed by atoms with Gasteiger partial charge in [0.05, 0.1) is 6.10 Å². The Bertz CT molecular complexity index is 375. The van der Waals surface area contributed by atoms with Gasteiger partial charge in [0.1, 0.15) is 0 Å². The van der Waals surface area contributed by atoms with E-state index in [2.05, 4.69) is 30.9 Å². The van der Waals surface area contributed by atoms with Crippen molar-refractivity contribution in [3.8, 4) is 0 Å². The summed E-state index contributed by atoms with van der Waals surface area (Å²) < 4.78 is 0. The molecule has 100 valence electrons. The van der Waals surface area contributed by atoms with Crippen LogP contribution in [0, 0.1) is 5.41 Å². The molecule has 18 heavy (non-hydrogen) atoms. The van der Waals surface area contributed by atoms with Gasteiger partial charge in [-0.25, -0.2) is 0 Å². The summed E-state index contributed by atoms with van der Waals surface area (Å²) in [6, 6.07) is 8.34. The van der Waals surface area contributed by atoms with Crippen molar-refractivity contribution in [1.82, 2.24) is 0 Å². The third-order valence-electron chi connectivity index (χ3n) is 4.56. The topological polar surface area (TPSA) is 23.5 Å². The van der Waals surface area contributed by atoms with E-state index in [1.165, 1.54) is 24.9 Å². The molecule has 1 aliphatic heterocycles. The zero-order valence-electron chi connectivity index (χ0n) is 11.8. The van der Waals surface area contributed by atoms with Crippen molar-refractivity contribution >= 4 is 5.69 Å². The minimum Gasteiger partial charge on any atom is -0.389 e. The molecule has 0 radical (unpaired) electrons. The number of rotatable bonds is 3. The maximum Gasteiger partial charge on any atom is 0.0761 e. The van der Waals surface area contributed by atoms with Crippen molar-refractivity contribution < 1.29 is 5.11 Å². The van der Waals surface area contributed by atoms with E-state index in [4.69, 9.17) is 0 Å². The molecule has 1 aromatic carbocycles. The second-order valence-corrected chi connectivity index (χ2v) is 5.92. The van der Waals surface area contributed by atoms with Crippen LogP contribution in [0.5, 0.6) is 0 Å². The minimum absolute atomic E-state index is 0.371. The lowest BCUT2D eigenvalue weighted by Gasteiger charge is -2.40. The average molecular weight is 247 g/mol. The molecular weight excluding hydrogens is 222 g/mol. The predicted molar refractivity (Wildman–Crippen MR) is 76.9 cm³/mol. The largest absolute Gasteiger partial charge is 0.389 e. The lowest BCUT2D eigenvalue weighted by atomic mass is 9.78. The van der Waals surface area contributed by atoms with Gasteiger partial charge in [-0.3, -0.25) is 0 Å². The highest BCUT2D eigenvalue weighted by Crippen LogP contribution is 2.35. The maximum absolute atomic E-state index is 9.51. The minimum atomic E-state index is -0.371. The summed E-state index contributed by atoms with van der Waals surface area (Å²) >= 11 is 0. The van der Waals surface area contributed by atoms with Crippen molar-refractivity contribution in [1.29, 1.82) is 0 Å². The van der Waals surface area contributed by atoms with Crippen molar-refractivity contribution in [3.05, 3.63) is 29.8 Å². The Labute approximate surface area is 111 Å². The van der Waals surface area contributed by atoms with Crippen LogP contribution in [-0.2, 0) is 0 Å². The molecule has 1 saturated heterocycles. The summed E-state index contributed by atoms with van der Waals surface area (Å²) in [4.78, 5) is 2.46. The second kappa shape index (κ2) is 5.31. The molecule has 1 aliphatic rings. The van der Waals surface area contributed by atoms with Gasteiger partial charge in [0, 0.05) is 18.8 Å². The van der Waals surface area contributed by atoms with Crippen LogP contribution >= 0.6 is 0 Å². The fourth-order valence-corrected chi connectivity index (χ4v) is 2.62. The average Bonchev–Trinajstić information content (AvgIpc) is 2.40. The van der Waals surface area contributed by atoms with Crippen LogP contribution in [0.1, 0.15) is 51.7 Å². The van der Waals surface area contributed by atoms with E-state index in [1.807, 2.05) is 19.1 Å². The van der Waals surface area contributed by atoms with Gasteiger partial charge in [-0.05, 0) is 42.9 Å². The van der Waals surface area contributed by atoms with E-state index in [-0.39, 0.29) is 6.10 Å². The van der Waals surface area contributed by atoms with Gasteiger partial charge in [-0.1, -0.05) is 32.4 Å². The van der Waals surface area contributed by atoms with Crippen LogP contribution in [0.25, 0.3) is 0 Å². The number of aliphatic hydroxyl groups excluding tert-OH is 1. The van der Waals surface area contributed by atoms with Crippen molar-refractivity contribution in [3.63, 3.8) is 0 Å². The molecule has 0 unspecified atom stereocenters. The molecule has 2 rings (SSSR count). The molecule has 0 saturated carbocycles. The van der Waals surface area contributed by atoms with Gasteiger partial charge in [-0.2, -0.15) is 0 Å². The monoisotopic (exact) mass is 247 g/mol. The van der Waals surface area contributed by atoms with Crippen molar-refractivity contribution in [2.75, 3.05) is 18.0 Å². The predicted octanol–water partition coefficient (Wildman–Crippen LogP) is 3.76. The Morgan fingerprint density at radius 2 is 1.78 bits per heavy atom. The van der Waals surface area contributed by atoms with Gasteiger partial charge in [0.15, 0.2) is 0 Å². The summed E-state index contributed by atoms with van der Waals surface area (Å²) in [6.07, 6.45) is 3.47. The molecule has 1 N–H and O–H groups in total. The van der Waals surface area contributed by atoms with E-state index in [0.29, 0.717) is 5.41 Å². The highest BCUT2D eigenvalue weighted by Gasteiger charge is 2.28. The molecular formula is C16H25NO. The molecule has 1 heterocycles. The summed E-state index contributed by atoms with van der Waals surface area (Å²) in [5, 5.41) is 9.51. The zero-order valence-corrected chi connectivity index (χ0v) is 11.8. The maximum atomic E-state index is 9.51. The van der Waals surface area contributed by atoms with E-state index < -0.39 is 0 Å². The number of piperidine rings is 1. The van der Waals surface area contributed by atoms with Gasteiger partial charge >= 0.3 is 0 Å². The Morgan fingerprint density at radius 3 is 2.22 bits per heavy atom. The SMILES string of the molecule is CCC1(C)CCN(c2ccc([C@H](C)O)cc2)CC1. The number of nitrogens with zero attached hydrogens (tertiary/aromatic N) is 1. The molecule has 1 aromatic rings. The summed E-state index contributed by atoms with van der Waals surface area (Å²) in [7, 11) is 0. The Balaban J connectivity index is 2.01. The summed E-state index contributed by atoms with van der Waals surface area (Å²) in [5.74, 6) is 0. The first-order valence-electron chi connectivity index (χ1n) is 7.07. The highest BCUT2D eigenvalue weighted by molar-refractivity contribution is 5.48. The molecule has 1 atom stereocenters. The zero-order chi connectivity index (χ0) is 13.2. The number of aliphatic hydroxyl groups is 1. The van der Waals surface area contributed by atoms with E-state index in [1.54, 1.807) is 0 Å². The fraction of sp³-hybridized carbons (Fsp3) is 0.625. The molecule has 2 heteroatoms. The third kappa shape index (κ3) is 2.86. The normalized spacial score (nSPS) is 20.8. The van der Waals surface area contributed by atoms with E-state index in [9.17, 15) is 5.11 Å². The van der Waals surface area contributed by atoms with Gasteiger partial charge in [0.2, 0.25) is 0 Å². The fourth-order valence-electron chi connectivity index (χ4n) is 2.62. The third-order valence-corrected chi connectivity index (χ3v) is 4.56. The molecule has 0 aliphatic carbocycles. The highest BCUT2D eigenvalue weighted by atomic mass is 16.3. The van der Waals surface area contributed by atoms with Gasteiger partial charge < -0.3 is 10.0 Å². The number of hydrogen-bond donors (Lipinski definition) is 1. The summed E-state index contributed by atoms with van der Waals surface area (Å²) in [5.41, 5.74) is 2.82. The van der Waals surface area contributed by atoms with Crippen LogP contribution in [0.2, 0.25) is 0 Å². The lowest BCUT2D eigenvalue weighted by molar-refractivity contribution is 0.199. The van der Waals surface area contributed by atoms with Gasteiger partial charge in [0.25, 0.3) is 0 Å². The van der Waals surface area contributed by atoms with E-state index >= 15 is 0 Å². The Kier molecular flexibility index (Phi) is 3.96.